The van der Waals surface area contributed by atoms with Crippen LogP contribution >= 0.6 is 34.5 Å². The molecule has 1 atom stereocenters. The maximum absolute atomic E-state index is 14.4. The number of hydrogen-bond donors (Lipinski definition) is 1. The van der Waals surface area contributed by atoms with E-state index in [-0.39, 0.29) is 5.56 Å². The largest absolute Gasteiger partial charge is 0.306 e. The quantitative estimate of drug-likeness (QED) is 0.726. The first-order valence-corrected chi connectivity index (χ1v) is 8.15. The molecular formula is C15H15Cl2F2NS. The van der Waals surface area contributed by atoms with Crippen LogP contribution in [0, 0.1) is 18.6 Å². The van der Waals surface area contributed by atoms with Crippen molar-refractivity contribution >= 4 is 34.5 Å². The Hall–Kier alpha value is -0.680. The molecule has 1 unspecified atom stereocenters. The van der Waals surface area contributed by atoms with Gasteiger partial charge >= 0.3 is 0 Å². The van der Waals surface area contributed by atoms with E-state index in [0.717, 1.165) is 6.42 Å². The molecule has 2 rings (SSSR count). The van der Waals surface area contributed by atoms with E-state index in [4.69, 9.17) is 23.2 Å². The van der Waals surface area contributed by atoms with Crippen molar-refractivity contribution in [3.05, 3.63) is 55.2 Å². The fraction of sp³-hybridized carbons (Fsp3) is 0.333. The van der Waals surface area contributed by atoms with E-state index in [9.17, 15) is 8.78 Å². The van der Waals surface area contributed by atoms with Gasteiger partial charge in [0.2, 0.25) is 0 Å². The number of thiophene rings is 1. The van der Waals surface area contributed by atoms with Crippen LogP contribution in [0.2, 0.25) is 8.67 Å². The summed E-state index contributed by atoms with van der Waals surface area (Å²) in [5.74, 6) is -1.15. The van der Waals surface area contributed by atoms with E-state index in [1.54, 1.807) is 13.0 Å². The molecule has 0 radical (unpaired) electrons. The van der Waals surface area contributed by atoms with E-state index in [1.165, 1.54) is 23.5 Å². The maximum Gasteiger partial charge on any atom is 0.134 e. The SMILES string of the molecule is CCCNC(c1cc(Cl)sc1Cl)c1c(F)ccc(C)c1F. The van der Waals surface area contributed by atoms with Gasteiger partial charge in [-0.15, -0.1) is 11.3 Å². The Morgan fingerprint density at radius 1 is 1.29 bits per heavy atom. The van der Waals surface area contributed by atoms with Crippen LogP contribution in [-0.2, 0) is 0 Å². The third-order valence-electron chi connectivity index (χ3n) is 3.20. The van der Waals surface area contributed by atoms with Crippen LogP contribution in [0.15, 0.2) is 18.2 Å². The van der Waals surface area contributed by atoms with Crippen LogP contribution in [0.1, 0.15) is 36.1 Å². The minimum Gasteiger partial charge on any atom is -0.306 e. The molecule has 1 heterocycles. The van der Waals surface area contributed by atoms with E-state index in [1.807, 2.05) is 6.92 Å². The molecule has 0 aliphatic rings. The number of halogens is 4. The highest BCUT2D eigenvalue weighted by Gasteiger charge is 2.26. The lowest BCUT2D eigenvalue weighted by atomic mass is 9.97. The zero-order valence-corrected chi connectivity index (χ0v) is 14.0. The van der Waals surface area contributed by atoms with Gasteiger partial charge in [-0.05, 0) is 37.6 Å². The average Bonchev–Trinajstić information content (AvgIpc) is 2.77. The van der Waals surface area contributed by atoms with Gasteiger partial charge in [-0.25, -0.2) is 8.78 Å². The third-order valence-corrected chi connectivity index (χ3v) is 4.72. The van der Waals surface area contributed by atoms with Crippen molar-refractivity contribution in [2.75, 3.05) is 6.54 Å². The molecule has 0 spiro atoms. The van der Waals surface area contributed by atoms with E-state index in [2.05, 4.69) is 5.32 Å². The molecule has 0 amide bonds. The average molecular weight is 350 g/mol. The van der Waals surface area contributed by atoms with Gasteiger partial charge in [-0.2, -0.15) is 0 Å². The maximum atomic E-state index is 14.4. The van der Waals surface area contributed by atoms with Crippen molar-refractivity contribution in [2.24, 2.45) is 0 Å². The lowest BCUT2D eigenvalue weighted by Crippen LogP contribution is -2.25. The molecule has 114 valence electrons. The summed E-state index contributed by atoms with van der Waals surface area (Å²) in [6, 6.07) is 3.70. The first kappa shape index (κ1) is 16.7. The summed E-state index contributed by atoms with van der Waals surface area (Å²) in [5.41, 5.74) is 0.982. The van der Waals surface area contributed by atoms with Crippen LogP contribution in [0.4, 0.5) is 8.78 Å². The zero-order valence-electron chi connectivity index (χ0n) is 11.6. The minimum absolute atomic E-state index is 0.0141. The summed E-state index contributed by atoms with van der Waals surface area (Å²) in [5, 5.41) is 3.15. The van der Waals surface area contributed by atoms with Gasteiger partial charge in [-0.1, -0.05) is 36.2 Å². The fourth-order valence-corrected chi connectivity index (χ4v) is 3.68. The van der Waals surface area contributed by atoms with Crippen molar-refractivity contribution in [1.29, 1.82) is 0 Å². The van der Waals surface area contributed by atoms with E-state index in [0.29, 0.717) is 26.3 Å². The predicted octanol–water partition coefficient (Wildman–Crippen LogP) is 5.73. The lowest BCUT2D eigenvalue weighted by Gasteiger charge is -2.20. The Morgan fingerprint density at radius 2 is 2.00 bits per heavy atom. The lowest BCUT2D eigenvalue weighted by molar-refractivity contribution is 0.500. The van der Waals surface area contributed by atoms with Gasteiger partial charge in [0, 0.05) is 11.1 Å². The summed E-state index contributed by atoms with van der Waals surface area (Å²) >= 11 is 13.3. The van der Waals surface area contributed by atoms with Gasteiger partial charge in [0.25, 0.3) is 0 Å². The first-order chi connectivity index (χ1) is 9.95. The Kier molecular flexibility index (Phi) is 5.60. The van der Waals surface area contributed by atoms with Crippen LogP contribution in [0.3, 0.4) is 0 Å². The van der Waals surface area contributed by atoms with Crippen LogP contribution in [0.25, 0.3) is 0 Å². The minimum atomic E-state index is -0.652. The van der Waals surface area contributed by atoms with Crippen molar-refractivity contribution in [3.63, 3.8) is 0 Å². The Morgan fingerprint density at radius 3 is 2.57 bits per heavy atom. The molecule has 1 aromatic heterocycles. The van der Waals surface area contributed by atoms with Crippen LogP contribution in [0.5, 0.6) is 0 Å². The second-order valence-corrected chi connectivity index (χ2v) is 7.04. The second-order valence-electron chi connectivity index (χ2n) is 4.76. The van der Waals surface area contributed by atoms with Crippen molar-refractivity contribution in [3.8, 4) is 0 Å². The molecule has 0 bridgehead atoms. The van der Waals surface area contributed by atoms with Gasteiger partial charge in [0.05, 0.1) is 14.7 Å². The molecular weight excluding hydrogens is 335 g/mol. The molecule has 21 heavy (non-hydrogen) atoms. The Bertz CT molecular complexity index is 643. The topological polar surface area (TPSA) is 12.0 Å². The fourth-order valence-electron chi connectivity index (χ4n) is 2.15. The van der Waals surface area contributed by atoms with Gasteiger partial charge < -0.3 is 5.32 Å². The normalized spacial score (nSPS) is 12.7. The number of benzene rings is 1. The third kappa shape index (κ3) is 3.57. The summed E-state index contributed by atoms with van der Waals surface area (Å²) in [6.45, 7) is 4.20. The zero-order chi connectivity index (χ0) is 15.6. The summed E-state index contributed by atoms with van der Waals surface area (Å²) in [7, 11) is 0. The summed E-state index contributed by atoms with van der Waals surface area (Å²) in [4.78, 5) is 0. The first-order valence-electron chi connectivity index (χ1n) is 6.58. The number of hydrogen-bond acceptors (Lipinski definition) is 2. The molecule has 1 aromatic carbocycles. The number of aryl methyl sites for hydroxylation is 1. The molecule has 6 heteroatoms. The number of nitrogens with one attached hydrogen (secondary N) is 1. The Balaban J connectivity index is 2.56. The second kappa shape index (κ2) is 7.05. The van der Waals surface area contributed by atoms with Crippen LogP contribution < -0.4 is 5.32 Å². The highest BCUT2D eigenvalue weighted by Crippen LogP contribution is 2.39. The molecule has 0 saturated carbocycles. The van der Waals surface area contributed by atoms with Crippen molar-refractivity contribution in [2.45, 2.75) is 26.3 Å². The molecule has 0 aliphatic heterocycles. The van der Waals surface area contributed by atoms with Crippen LogP contribution in [-0.4, -0.2) is 6.54 Å². The Labute approximate surface area is 136 Å². The molecule has 1 N–H and O–H groups in total. The van der Waals surface area contributed by atoms with E-state index < -0.39 is 17.7 Å². The molecule has 0 saturated heterocycles. The van der Waals surface area contributed by atoms with E-state index >= 15 is 0 Å². The molecule has 2 aromatic rings. The standard InChI is InChI=1S/C15H15Cl2F2NS/c1-3-6-20-14(9-7-11(16)21-15(9)17)12-10(18)5-4-8(2)13(12)19/h4-5,7,14,20H,3,6H2,1-2H3. The van der Waals surface area contributed by atoms with Gasteiger partial charge in [0.1, 0.15) is 11.6 Å². The predicted molar refractivity (Wildman–Crippen MR) is 85.6 cm³/mol. The highest BCUT2D eigenvalue weighted by atomic mass is 35.5. The van der Waals surface area contributed by atoms with Crippen molar-refractivity contribution < 1.29 is 8.78 Å². The van der Waals surface area contributed by atoms with Gasteiger partial charge in [0.15, 0.2) is 0 Å². The van der Waals surface area contributed by atoms with Gasteiger partial charge in [-0.3, -0.25) is 0 Å². The summed E-state index contributed by atoms with van der Waals surface area (Å²) < 4.78 is 29.5. The highest BCUT2D eigenvalue weighted by molar-refractivity contribution is 7.20. The monoisotopic (exact) mass is 349 g/mol. The molecule has 0 fully saturated rings. The smallest absolute Gasteiger partial charge is 0.134 e. The number of rotatable bonds is 5. The van der Waals surface area contributed by atoms with Crippen molar-refractivity contribution in [1.82, 2.24) is 5.32 Å². The molecule has 1 nitrogen and oxygen atoms in total. The summed E-state index contributed by atoms with van der Waals surface area (Å²) in [6.07, 6.45) is 0.834. The molecule has 0 aliphatic carbocycles.